The number of carbonyl (C=O) groups excluding carboxylic acids is 1. The third-order valence-corrected chi connectivity index (χ3v) is 2.95. The summed E-state index contributed by atoms with van der Waals surface area (Å²) in [5, 5.41) is 6.64. The van der Waals surface area contributed by atoms with Gasteiger partial charge in [-0.15, -0.1) is 0 Å². The van der Waals surface area contributed by atoms with Gasteiger partial charge in [-0.25, -0.2) is 4.79 Å². The maximum absolute atomic E-state index is 12.3. The van der Waals surface area contributed by atoms with Crippen molar-refractivity contribution < 1.29 is 18.5 Å². The van der Waals surface area contributed by atoms with Crippen molar-refractivity contribution in [3.63, 3.8) is 0 Å². The summed E-state index contributed by atoms with van der Waals surface area (Å²) >= 11 is 0. The number of fused-ring (bicyclic) bond motifs is 1. The van der Waals surface area contributed by atoms with Gasteiger partial charge in [0.15, 0.2) is 5.82 Å². The summed E-state index contributed by atoms with van der Waals surface area (Å²) in [5.41, 5.74) is -0.146. The van der Waals surface area contributed by atoms with Crippen molar-refractivity contribution in [2.24, 2.45) is 0 Å². The molecule has 2 aromatic heterocycles. The van der Waals surface area contributed by atoms with Crippen LogP contribution in [0.2, 0.25) is 0 Å². The molecule has 0 aliphatic carbocycles. The average molecular weight is 300 g/mol. The Kier molecular flexibility index (Phi) is 3.61. The van der Waals surface area contributed by atoms with Crippen molar-refractivity contribution in [1.29, 1.82) is 0 Å². The van der Waals surface area contributed by atoms with E-state index >= 15 is 0 Å². The summed E-state index contributed by atoms with van der Waals surface area (Å²) in [6.45, 7) is 2.34. The third-order valence-electron chi connectivity index (χ3n) is 2.95. The monoisotopic (exact) mass is 300 g/mol. The van der Waals surface area contributed by atoms with Gasteiger partial charge < -0.3 is 19.0 Å². The van der Waals surface area contributed by atoms with Gasteiger partial charge >= 0.3 is 5.63 Å². The Hall–Kier alpha value is -3.09. The molecule has 0 fully saturated rings. The zero-order valence-corrected chi connectivity index (χ0v) is 11.7. The fraction of sp³-hybridized carbons (Fsp3) is 0.133. The molecular formula is C15H12N2O5. The Morgan fingerprint density at radius 3 is 2.91 bits per heavy atom. The largest absolute Gasteiger partial charge is 0.494 e. The Morgan fingerprint density at radius 1 is 1.32 bits per heavy atom. The smallest absolute Gasteiger partial charge is 0.337 e. The summed E-state index contributed by atoms with van der Waals surface area (Å²) in [6, 6.07) is 7.59. The zero-order valence-electron chi connectivity index (χ0n) is 11.7. The maximum atomic E-state index is 12.3. The van der Waals surface area contributed by atoms with Crippen molar-refractivity contribution in [2.45, 2.75) is 6.92 Å². The van der Waals surface area contributed by atoms with E-state index in [9.17, 15) is 9.59 Å². The van der Waals surface area contributed by atoms with Gasteiger partial charge in [0.05, 0.1) is 12.2 Å². The molecule has 112 valence electrons. The quantitative estimate of drug-likeness (QED) is 0.744. The number of hydrogen-bond acceptors (Lipinski definition) is 6. The highest BCUT2D eigenvalue weighted by Crippen LogP contribution is 2.23. The lowest BCUT2D eigenvalue weighted by atomic mass is 10.1. The highest BCUT2D eigenvalue weighted by atomic mass is 16.5. The van der Waals surface area contributed by atoms with Gasteiger partial charge in [-0.1, -0.05) is 5.16 Å². The Bertz CT molecular complexity index is 867. The first kappa shape index (κ1) is 13.9. The number of amides is 1. The lowest BCUT2D eigenvalue weighted by Gasteiger charge is -2.07. The fourth-order valence-electron chi connectivity index (χ4n) is 2.05. The third kappa shape index (κ3) is 2.69. The second kappa shape index (κ2) is 5.72. The average Bonchev–Trinajstić information content (AvgIpc) is 2.99. The number of anilines is 1. The molecule has 1 amide bonds. The van der Waals surface area contributed by atoms with Crippen LogP contribution in [0.5, 0.6) is 5.75 Å². The van der Waals surface area contributed by atoms with Crippen molar-refractivity contribution >= 4 is 22.7 Å². The highest BCUT2D eigenvalue weighted by Gasteiger charge is 2.15. The second-order valence-electron chi connectivity index (χ2n) is 4.41. The molecule has 7 heteroatoms. The van der Waals surface area contributed by atoms with Gasteiger partial charge in [0.25, 0.3) is 5.91 Å². The number of ether oxygens (including phenoxy) is 1. The van der Waals surface area contributed by atoms with Gasteiger partial charge in [-0.3, -0.25) is 4.79 Å². The van der Waals surface area contributed by atoms with Crippen LogP contribution in [0.4, 0.5) is 5.82 Å². The molecule has 3 aromatic rings. The van der Waals surface area contributed by atoms with E-state index in [2.05, 4.69) is 15.0 Å². The van der Waals surface area contributed by atoms with Gasteiger partial charge in [0.1, 0.15) is 17.6 Å². The molecule has 1 N–H and O–H groups in total. The van der Waals surface area contributed by atoms with Crippen LogP contribution in [0.25, 0.3) is 11.0 Å². The van der Waals surface area contributed by atoms with Crippen LogP contribution in [-0.2, 0) is 0 Å². The van der Waals surface area contributed by atoms with Crippen LogP contribution in [0.1, 0.15) is 17.3 Å². The number of nitrogens with one attached hydrogen (secondary N) is 1. The second-order valence-corrected chi connectivity index (χ2v) is 4.41. The van der Waals surface area contributed by atoms with Crippen molar-refractivity contribution in [2.75, 3.05) is 11.9 Å². The molecule has 0 aliphatic rings. The summed E-state index contributed by atoms with van der Waals surface area (Å²) in [4.78, 5) is 23.9. The molecule has 1 aromatic carbocycles. The Balaban J connectivity index is 2.04. The van der Waals surface area contributed by atoms with Crippen LogP contribution in [0.15, 0.2) is 50.3 Å². The Labute approximate surface area is 124 Å². The number of nitrogens with zero attached hydrogens (tertiary/aromatic N) is 1. The first-order chi connectivity index (χ1) is 10.7. The minimum atomic E-state index is -0.619. The first-order valence-electron chi connectivity index (χ1n) is 6.60. The number of hydrogen-bond donors (Lipinski definition) is 1. The minimum absolute atomic E-state index is 0.192. The molecule has 0 radical (unpaired) electrons. The van der Waals surface area contributed by atoms with Gasteiger partial charge in [-0.2, -0.15) is 0 Å². The lowest BCUT2D eigenvalue weighted by Crippen LogP contribution is -2.15. The maximum Gasteiger partial charge on any atom is 0.337 e. The first-order valence-corrected chi connectivity index (χ1v) is 6.60. The van der Waals surface area contributed by atoms with Crippen LogP contribution >= 0.6 is 0 Å². The molecule has 3 rings (SSSR count). The number of rotatable bonds is 4. The number of aromatic nitrogens is 1. The summed E-state index contributed by atoms with van der Waals surface area (Å²) < 4.78 is 15.1. The summed E-state index contributed by atoms with van der Waals surface area (Å²) in [5.74, 6) is 0.348. The molecule has 0 bridgehead atoms. The standard InChI is InChI=1S/C15H12N2O5/c1-2-20-9-3-4-10-11(8-14(18)22-12(10)7-9)15(19)16-13-5-6-21-17-13/h3-8H,2H2,1H3,(H,16,17,19). The van der Waals surface area contributed by atoms with Crippen molar-refractivity contribution in [1.82, 2.24) is 5.16 Å². The minimum Gasteiger partial charge on any atom is -0.494 e. The van der Waals surface area contributed by atoms with Crippen molar-refractivity contribution in [3.8, 4) is 5.75 Å². The van der Waals surface area contributed by atoms with E-state index in [1.165, 1.54) is 12.3 Å². The van der Waals surface area contributed by atoms with Crippen LogP contribution in [0, 0.1) is 0 Å². The topological polar surface area (TPSA) is 94.6 Å². The Morgan fingerprint density at radius 2 is 2.18 bits per heavy atom. The number of carbonyl (C=O) groups is 1. The van der Waals surface area contributed by atoms with E-state index in [4.69, 9.17) is 9.15 Å². The lowest BCUT2D eigenvalue weighted by molar-refractivity contribution is 0.102. The van der Waals surface area contributed by atoms with Crippen LogP contribution in [-0.4, -0.2) is 17.7 Å². The van der Waals surface area contributed by atoms with E-state index in [1.54, 1.807) is 18.2 Å². The van der Waals surface area contributed by atoms with E-state index < -0.39 is 11.5 Å². The molecule has 0 saturated heterocycles. The van der Waals surface area contributed by atoms with Crippen LogP contribution in [0.3, 0.4) is 0 Å². The predicted octanol–water partition coefficient (Wildman–Crippen LogP) is 2.43. The van der Waals surface area contributed by atoms with E-state index in [0.717, 1.165) is 6.07 Å². The fourth-order valence-corrected chi connectivity index (χ4v) is 2.05. The molecule has 0 unspecified atom stereocenters. The van der Waals surface area contributed by atoms with Crippen molar-refractivity contribution in [3.05, 3.63) is 52.6 Å². The molecule has 7 nitrogen and oxygen atoms in total. The normalized spacial score (nSPS) is 10.6. The molecule has 22 heavy (non-hydrogen) atoms. The SMILES string of the molecule is CCOc1ccc2c(C(=O)Nc3ccon3)cc(=O)oc2c1. The molecule has 0 saturated carbocycles. The molecule has 0 aliphatic heterocycles. The molecule has 2 heterocycles. The van der Waals surface area contributed by atoms with Crippen LogP contribution < -0.4 is 15.7 Å². The number of benzene rings is 1. The zero-order chi connectivity index (χ0) is 15.5. The van der Waals surface area contributed by atoms with Gasteiger partial charge in [0, 0.05) is 23.6 Å². The van der Waals surface area contributed by atoms with E-state index in [-0.39, 0.29) is 17.0 Å². The highest BCUT2D eigenvalue weighted by molar-refractivity contribution is 6.11. The summed E-state index contributed by atoms with van der Waals surface area (Å²) in [6.07, 6.45) is 1.33. The molecule has 0 spiro atoms. The van der Waals surface area contributed by atoms with Gasteiger partial charge in [0.2, 0.25) is 0 Å². The molecule has 0 atom stereocenters. The predicted molar refractivity (Wildman–Crippen MR) is 78.1 cm³/mol. The summed E-state index contributed by atoms with van der Waals surface area (Å²) in [7, 11) is 0. The van der Waals surface area contributed by atoms with Gasteiger partial charge in [-0.05, 0) is 19.1 Å². The van der Waals surface area contributed by atoms with E-state index in [0.29, 0.717) is 17.7 Å². The molecular weight excluding hydrogens is 288 g/mol. The van der Waals surface area contributed by atoms with E-state index in [1.807, 2.05) is 6.92 Å².